The van der Waals surface area contributed by atoms with Gasteiger partial charge in [0.1, 0.15) is 5.76 Å². The highest BCUT2D eigenvalue weighted by Crippen LogP contribution is 2.50. The zero-order chi connectivity index (χ0) is 29.2. The average molecular weight is 550 g/mol. The van der Waals surface area contributed by atoms with Gasteiger partial charge in [-0.1, -0.05) is 20.8 Å². The van der Waals surface area contributed by atoms with Gasteiger partial charge in [0.05, 0.1) is 29.9 Å². The summed E-state index contributed by atoms with van der Waals surface area (Å²) in [5, 5.41) is 11.2. The normalized spacial score (nSPS) is 25.2. The number of ether oxygens (including phenoxy) is 1. The quantitative estimate of drug-likeness (QED) is 0.354. The summed E-state index contributed by atoms with van der Waals surface area (Å²) in [6, 6.07) is 0. The maximum Gasteiger partial charge on any atom is 0.305 e. The number of hydrogen-bond donors (Lipinski definition) is 1. The van der Waals surface area contributed by atoms with Crippen LogP contribution < -0.4 is 0 Å². The van der Waals surface area contributed by atoms with Crippen LogP contribution in [0.2, 0.25) is 0 Å². The largest absolute Gasteiger partial charge is 0.511 e. The molecule has 8 bridgehead atoms. The lowest BCUT2D eigenvalue weighted by molar-refractivity contribution is -0.140. The van der Waals surface area contributed by atoms with Gasteiger partial charge in [-0.2, -0.15) is 0 Å². The van der Waals surface area contributed by atoms with E-state index in [1.54, 1.807) is 0 Å². The third-order valence-corrected chi connectivity index (χ3v) is 9.74. The highest BCUT2D eigenvalue weighted by Gasteiger charge is 2.41. The van der Waals surface area contributed by atoms with Crippen LogP contribution in [-0.2, 0) is 9.53 Å². The molecular weight excluding hydrogens is 510 g/mol. The lowest BCUT2D eigenvalue weighted by Crippen LogP contribution is -2.20. The summed E-state index contributed by atoms with van der Waals surface area (Å²) in [4.78, 5) is 27.7. The van der Waals surface area contributed by atoms with Crippen LogP contribution in [0.25, 0.3) is 0 Å². The van der Waals surface area contributed by atoms with Gasteiger partial charge in [0, 0.05) is 41.7 Å². The van der Waals surface area contributed by atoms with Crippen molar-refractivity contribution in [2.45, 2.75) is 80.1 Å². The van der Waals surface area contributed by atoms with E-state index in [1.165, 1.54) is 40.5 Å². The van der Waals surface area contributed by atoms with E-state index in [0.29, 0.717) is 25.0 Å². The molecule has 4 aliphatic heterocycles. The Hall–Kier alpha value is -3.80. The lowest BCUT2D eigenvalue weighted by atomic mass is 9.82. The van der Waals surface area contributed by atoms with Crippen molar-refractivity contribution < 1.29 is 14.6 Å². The molecule has 0 amide bonds. The number of carbonyl (C=O) groups excluding carboxylic acids is 1. The fraction of sp³-hybridized carbons (Fsp3) is 0.429. The Balaban J connectivity index is 1.58. The van der Waals surface area contributed by atoms with Crippen LogP contribution >= 0.6 is 0 Å². The summed E-state index contributed by atoms with van der Waals surface area (Å²) in [6.45, 7) is 13.0. The van der Waals surface area contributed by atoms with Gasteiger partial charge in [0.2, 0.25) is 0 Å². The van der Waals surface area contributed by atoms with E-state index >= 15 is 0 Å². The highest BCUT2D eigenvalue weighted by atomic mass is 16.5. The smallest absolute Gasteiger partial charge is 0.305 e. The molecule has 0 saturated heterocycles. The molecule has 0 fully saturated rings. The van der Waals surface area contributed by atoms with Gasteiger partial charge in [-0.15, -0.1) is 0 Å². The molecular formula is C35H39N3O3. The summed E-state index contributed by atoms with van der Waals surface area (Å²) >= 11 is 0. The SMILES string of the molecule is CCC1=C(C)C2=NC1=CC1=C(C)C3=C(O)CC(=C3C1)C1=NC(=CC3=NC(=C2)C(CC)=C3C)[C@@H](C)[C@@H]1CCC(=O)OC. The molecule has 0 aromatic rings. The summed E-state index contributed by atoms with van der Waals surface area (Å²) < 4.78 is 4.99. The minimum absolute atomic E-state index is 0.0548. The van der Waals surface area contributed by atoms with E-state index in [4.69, 9.17) is 19.7 Å². The number of methoxy groups -OCH3 is 1. The van der Waals surface area contributed by atoms with Gasteiger partial charge in [-0.05, 0) is 109 Å². The molecule has 2 atom stereocenters. The van der Waals surface area contributed by atoms with E-state index in [-0.39, 0.29) is 17.8 Å². The number of fused-ring (bicyclic) bond motifs is 5. The Morgan fingerprint density at radius 2 is 1.54 bits per heavy atom. The van der Waals surface area contributed by atoms with Crippen molar-refractivity contribution in [1.29, 1.82) is 0 Å². The van der Waals surface area contributed by atoms with Crippen LogP contribution in [0.5, 0.6) is 0 Å². The molecule has 6 heteroatoms. The Labute approximate surface area is 242 Å². The molecule has 6 nitrogen and oxygen atoms in total. The zero-order valence-electron chi connectivity index (χ0n) is 25.2. The Bertz CT molecular complexity index is 1640. The van der Waals surface area contributed by atoms with Gasteiger partial charge in [-0.25, -0.2) is 9.98 Å². The van der Waals surface area contributed by atoms with E-state index in [9.17, 15) is 9.90 Å². The zero-order valence-corrected chi connectivity index (χ0v) is 25.2. The molecule has 0 aromatic heterocycles. The topological polar surface area (TPSA) is 83.6 Å². The number of rotatable bonds is 5. The minimum atomic E-state index is -0.210. The highest BCUT2D eigenvalue weighted by molar-refractivity contribution is 6.16. The van der Waals surface area contributed by atoms with Crippen molar-refractivity contribution in [2.75, 3.05) is 7.11 Å². The summed E-state index contributed by atoms with van der Waals surface area (Å²) in [6.07, 6.45) is 10.5. The Kier molecular flexibility index (Phi) is 6.83. The van der Waals surface area contributed by atoms with E-state index < -0.39 is 0 Å². The molecule has 1 N–H and O–H groups in total. The molecule has 6 rings (SSSR count). The second-order valence-corrected chi connectivity index (χ2v) is 11.8. The predicted molar refractivity (Wildman–Crippen MR) is 165 cm³/mol. The number of allylic oxidation sites excluding steroid dienone is 13. The first-order valence-corrected chi connectivity index (χ1v) is 14.9. The van der Waals surface area contributed by atoms with E-state index in [0.717, 1.165) is 70.2 Å². The van der Waals surface area contributed by atoms with Crippen LogP contribution in [0, 0.1) is 11.8 Å². The molecule has 212 valence electrons. The van der Waals surface area contributed by atoms with Crippen LogP contribution in [0.1, 0.15) is 80.1 Å². The molecule has 41 heavy (non-hydrogen) atoms. The number of aliphatic hydroxyl groups excluding tert-OH is 1. The summed E-state index contributed by atoms with van der Waals surface area (Å²) in [5.41, 5.74) is 16.3. The van der Waals surface area contributed by atoms with Gasteiger partial charge >= 0.3 is 5.97 Å². The molecule has 0 aromatic carbocycles. The third kappa shape index (κ3) is 4.30. The van der Waals surface area contributed by atoms with Crippen LogP contribution in [0.4, 0.5) is 0 Å². The van der Waals surface area contributed by atoms with Crippen molar-refractivity contribution in [1.82, 2.24) is 0 Å². The Morgan fingerprint density at radius 1 is 0.902 bits per heavy atom. The van der Waals surface area contributed by atoms with Crippen LogP contribution in [0.15, 0.2) is 106 Å². The van der Waals surface area contributed by atoms with Crippen molar-refractivity contribution in [3.8, 4) is 0 Å². The van der Waals surface area contributed by atoms with Gasteiger partial charge < -0.3 is 9.84 Å². The summed E-state index contributed by atoms with van der Waals surface area (Å²) in [7, 11) is 1.44. The number of carbonyl (C=O) groups is 1. The lowest BCUT2D eigenvalue weighted by Gasteiger charge is -2.19. The third-order valence-electron chi connectivity index (χ3n) is 9.74. The Morgan fingerprint density at radius 3 is 2.17 bits per heavy atom. The first-order chi connectivity index (χ1) is 19.7. The van der Waals surface area contributed by atoms with Crippen molar-refractivity contribution in [3.05, 3.63) is 91.2 Å². The number of aliphatic imine (C=N–C) groups is 3. The van der Waals surface area contributed by atoms with Crippen molar-refractivity contribution >= 4 is 23.1 Å². The second-order valence-electron chi connectivity index (χ2n) is 11.8. The molecule has 2 aliphatic carbocycles. The minimum Gasteiger partial charge on any atom is -0.511 e. The van der Waals surface area contributed by atoms with E-state index in [1.807, 2.05) is 0 Å². The van der Waals surface area contributed by atoms with Crippen molar-refractivity contribution in [3.63, 3.8) is 0 Å². The van der Waals surface area contributed by atoms with Gasteiger partial charge in [0.15, 0.2) is 0 Å². The maximum absolute atomic E-state index is 12.2. The number of nitrogens with zero attached hydrogens (tertiary/aromatic N) is 3. The van der Waals surface area contributed by atoms with Crippen LogP contribution in [-0.4, -0.2) is 35.3 Å². The van der Waals surface area contributed by atoms with Crippen molar-refractivity contribution in [2.24, 2.45) is 26.8 Å². The molecule has 0 spiro atoms. The molecule has 0 radical (unpaired) electrons. The predicted octanol–water partition coefficient (Wildman–Crippen LogP) is 7.91. The number of esters is 1. The van der Waals surface area contributed by atoms with Gasteiger partial charge in [-0.3, -0.25) is 9.79 Å². The summed E-state index contributed by atoms with van der Waals surface area (Å²) in [5.74, 6) is 0.365. The fourth-order valence-electron chi connectivity index (χ4n) is 7.30. The molecule has 0 unspecified atom stereocenters. The standard InChI is InChI=1S/C35H39N3O3/c1-8-22-18(4)28-16-31-23(9-2)19(5)27(37-31)15-29-20(6)24(10-11-33(40)41-7)35(38-29)26-14-32(39)34-17(3)21(12-25(26)34)13-30(22)36-28/h13,15-16,20,24,39H,8-12,14H2,1-7H3/t20-,24-/m0/s1. The first kappa shape index (κ1) is 27.4. The monoisotopic (exact) mass is 549 g/mol. The molecule has 6 aliphatic rings. The number of aliphatic hydroxyl groups is 1. The fourth-order valence-corrected chi connectivity index (χ4v) is 7.30. The van der Waals surface area contributed by atoms with Gasteiger partial charge in [0.25, 0.3) is 0 Å². The maximum atomic E-state index is 12.2. The number of hydrogen-bond acceptors (Lipinski definition) is 6. The van der Waals surface area contributed by atoms with Crippen LogP contribution in [0.3, 0.4) is 0 Å². The molecule has 0 saturated carbocycles. The van der Waals surface area contributed by atoms with E-state index in [2.05, 4.69) is 59.8 Å². The molecule has 4 heterocycles. The second kappa shape index (κ2) is 10.2. The first-order valence-electron chi connectivity index (χ1n) is 14.9. The average Bonchev–Trinajstić information content (AvgIpc) is 3.70.